The topological polar surface area (TPSA) is 103 Å². The van der Waals surface area contributed by atoms with Gasteiger partial charge in [0.15, 0.2) is 5.82 Å². The lowest BCUT2D eigenvalue weighted by Gasteiger charge is -2.11. The average molecular weight is 408 g/mol. The van der Waals surface area contributed by atoms with Gasteiger partial charge in [0, 0.05) is 6.07 Å². The molecular formula is C17H14F2N4O4S. The molecule has 0 bridgehead atoms. The van der Waals surface area contributed by atoms with Crippen LogP contribution in [0.3, 0.4) is 0 Å². The van der Waals surface area contributed by atoms with Crippen molar-refractivity contribution in [1.29, 1.82) is 0 Å². The molecule has 1 aromatic heterocycles. The number of nitrogens with one attached hydrogen (secondary N) is 1. The molecule has 146 valence electrons. The first-order valence-corrected chi connectivity index (χ1v) is 9.33. The van der Waals surface area contributed by atoms with E-state index in [9.17, 15) is 22.0 Å². The number of benzene rings is 2. The third-order valence-electron chi connectivity index (χ3n) is 3.67. The molecule has 8 nitrogen and oxygen atoms in total. The van der Waals surface area contributed by atoms with Crippen molar-refractivity contribution < 1.29 is 26.7 Å². The molecule has 3 aromatic rings. The zero-order valence-electron chi connectivity index (χ0n) is 14.5. The molecule has 1 N–H and O–H groups in total. The molecule has 0 aliphatic carbocycles. The van der Waals surface area contributed by atoms with Gasteiger partial charge < -0.3 is 4.74 Å². The monoisotopic (exact) mass is 408 g/mol. The summed E-state index contributed by atoms with van der Waals surface area (Å²) in [7, 11) is -3.35. The number of carbonyl (C=O) groups is 1. The minimum Gasteiger partial charge on any atom is -0.464 e. The first kappa shape index (κ1) is 19.4. The summed E-state index contributed by atoms with van der Waals surface area (Å²) in [6, 6.07) is 10.7. The highest BCUT2D eigenvalue weighted by Crippen LogP contribution is 2.22. The van der Waals surface area contributed by atoms with Crippen LogP contribution in [0.2, 0.25) is 0 Å². The van der Waals surface area contributed by atoms with Crippen molar-refractivity contribution in [3.05, 3.63) is 71.4 Å². The van der Waals surface area contributed by atoms with E-state index in [1.54, 1.807) is 30.3 Å². The summed E-state index contributed by atoms with van der Waals surface area (Å²) in [5, 5.41) is 7.44. The fraction of sp³-hybridized carbons (Fsp3) is 0.118. The molecule has 11 heteroatoms. The van der Waals surface area contributed by atoms with Crippen LogP contribution >= 0.6 is 0 Å². The Morgan fingerprint density at radius 1 is 1.14 bits per heavy atom. The van der Waals surface area contributed by atoms with Crippen molar-refractivity contribution in [3.8, 4) is 0 Å². The molecule has 0 atom stereocenters. The maximum Gasteiger partial charge on any atom is 0.362 e. The van der Waals surface area contributed by atoms with Gasteiger partial charge in [-0.1, -0.05) is 35.5 Å². The lowest BCUT2D eigenvalue weighted by atomic mass is 10.2. The molecule has 0 aliphatic heterocycles. The maximum absolute atomic E-state index is 13.4. The molecule has 0 amide bonds. The van der Waals surface area contributed by atoms with E-state index in [1.165, 1.54) is 0 Å². The minimum absolute atomic E-state index is 0.0835. The normalized spacial score (nSPS) is 11.2. The number of anilines is 1. The smallest absolute Gasteiger partial charge is 0.362 e. The number of rotatable bonds is 6. The molecule has 0 unspecified atom stereocenters. The van der Waals surface area contributed by atoms with Gasteiger partial charge in [-0.05, 0) is 17.7 Å². The van der Waals surface area contributed by atoms with Gasteiger partial charge in [-0.3, -0.25) is 4.72 Å². The predicted octanol–water partition coefficient (Wildman–Crippen LogP) is 2.19. The first-order chi connectivity index (χ1) is 13.3. The van der Waals surface area contributed by atoms with E-state index in [0.29, 0.717) is 18.2 Å². The van der Waals surface area contributed by atoms with E-state index in [-0.39, 0.29) is 18.1 Å². The van der Waals surface area contributed by atoms with Crippen LogP contribution in [0.1, 0.15) is 16.1 Å². The van der Waals surface area contributed by atoms with Crippen molar-refractivity contribution in [1.82, 2.24) is 15.0 Å². The standard InChI is InChI=1S/C17H14F2N4O4S/c1-27-17(24)15-16(23(22-20-15)10-11-5-3-2-4-6-11)21-28(25,26)14-8-12(18)7-13(19)9-14/h2-9,21H,10H2,1H3. The Morgan fingerprint density at radius 2 is 1.79 bits per heavy atom. The lowest BCUT2D eigenvalue weighted by Crippen LogP contribution is -2.19. The Hall–Kier alpha value is -3.34. The second-order valence-electron chi connectivity index (χ2n) is 5.63. The van der Waals surface area contributed by atoms with Gasteiger partial charge in [0.2, 0.25) is 5.69 Å². The number of methoxy groups -OCH3 is 1. The van der Waals surface area contributed by atoms with E-state index < -0.39 is 32.5 Å². The van der Waals surface area contributed by atoms with Crippen LogP contribution in [-0.4, -0.2) is 36.5 Å². The molecular weight excluding hydrogens is 394 g/mol. The second-order valence-corrected chi connectivity index (χ2v) is 7.31. The lowest BCUT2D eigenvalue weighted by molar-refractivity contribution is 0.0595. The fourth-order valence-corrected chi connectivity index (χ4v) is 3.50. The molecule has 0 fully saturated rings. The van der Waals surface area contributed by atoms with Crippen LogP contribution < -0.4 is 4.72 Å². The summed E-state index contributed by atoms with van der Waals surface area (Å²) in [6.07, 6.45) is 0. The van der Waals surface area contributed by atoms with E-state index in [2.05, 4.69) is 19.8 Å². The average Bonchev–Trinajstić information content (AvgIpc) is 3.03. The number of hydrogen-bond acceptors (Lipinski definition) is 6. The molecule has 28 heavy (non-hydrogen) atoms. The summed E-state index contributed by atoms with van der Waals surface area (Å²) >= 11 is 0. The summed E-state index contributed by atoms with van der Waals surface area (Å²) in [5.41, 5.74) is 0.361. The van der Waals surface area contributed by atoms with Gasteiger partial charge in [-0.25, -0.2) is 26.7 Å². The third kappa shape index (κ3) is 4.14. The molecule has 0 radical (unpaired) electrons. The number of carbonyl (C=O) groups excluding carboxylic acids is 1. The van der Waals surface area contributed by atoms with Gasteiger partial charge in [-0.2, -0.15) is 0 Å². The Morgan fingerprint density at radius 3 is 2.39 bits per heavy atom. The van der Waals surface area contributed by atoms with Crippen LogP contribution in [0.15, 0.2) is 53.4 Å². The number of halogens is 2. The highest BCUT2D eigenvalue weighted by atomic mass is 32.2. The van der Waals surface area contributed by atoms with Crippen LogP contribution in [0.25, 0.3) is 0 Å². The van der Waals surface area contributed by atoms with Gasteiger partial charge in [0.1, 0.15) is 11.6 Å². The molecule has 3 rings (SSSR count). The van der Waals surface area contributed by atoms with Crippen LogP contribution in [0.5, 0.6) is 0 Å². The quantitative estimate of drug-likeness (QED) is 0.627. The van der Waals surface area contributed by atoms with E-state index >= 15 is 0 Å². The Kier molecular flexibility index (Phi) is 5.36. The molecule has 0 aliphatic rings. The summed E-state index contributed by atoms with van der Waals surface area (Å²) in [6.45, 7) is 0.0835. The Labute approximate surface area is 158 Å². The van der Waals surface area contributed by atoms with Crippen molar-refractivity contribution in [2.75, 3.05) is 11.8 Å². The summed E-state index contributed by atoms with van der Waals surface area (Å²) in [4.78, 5) is 11.3. The molecule has 2 aromatic carbocycles. The van der Waals surface area contributed by atoms with Crippen molar-refractivity contribution in [2.24, 2.45) is 0 Å². The third-order valence-corrected chi connectivity index (χ3v) is 4.98. The zero-order valence-corrected chi connectivity index (χ0v) is 15.3. The molecule has 0 saturated heterocycles. The number of esters is 1. The summed E-state index contributed by atoms with van der Waals surface area (Å²) < 4.78 is 59.9. The minimum atomic E-state index is -4.45. The summed E-state index contributed by atoms with van der Waals surface area (Å²) in [5.74, 6) is -3.35. The Balaban J connectivity index is 2.03. The Bertz CT molecular complexity index is 1100. The largest absolute Gasteiger partial charge is 0.464 e. The van der Waals surface area contributed by atoms with Gasteiger partial charge in [0.25, 0.3) is 10.0 Å². The van der Waals surface area contributed by atoms with Gasteiger partial charge in [-0.15, -0.1) is 5.10 Å². The van der Waals surface area contributed by atoms with Crippen molar-refractivity contribution >= 4 is 21.8 Å². The van der Waals surface area contributed by atoms with Gasteiger partial charge in [0.05, 0.1) is 18.6 Å². The van der Waals surface area contributed by atoms with Crippen LogP contribution in [0.4, 0.5) is 14.6 Å². The number of nitrogens with zero attached hydrogens (tertiary/aromatic N) is 3. The number of sulfonamides is 1. The molecule has 0 saturated carbocycles. The zero-order chi connectivity index (χ0) is 20.3. The van der Waals surface area contributed by atoms with E-state index in [0.717, 1.165) is 17.4 Å². The number of hydrogen-bond donors (Lipinski definition) is 1. The number of ether oxygens (including phenoxy) is 1. The predicted molar refractivity (Wildman–Crippen MR) is 94.1 cm³/mol. The maximum atomic E-state index is 13.4. The number of aromatic nitrogens is 3. The molecule has 1 heterocycles. The molecule has 0 spiro atoms. The van der Waals surface area contributed by atoms with Crippen LogP contribution in [-0.2, 0) is 21.3 Å². The fourth-order valence-electron chi connectivity index (χ4n) is 2.39. The van der Waals surface area contributed by atoms with Gasteiger partial charge >= 0.3 is 5.97 Å². The van der Waals surface area contributed by atoms with Crippen molar-refractivity contribution in [2.45, 2.75) is 11.4 Å². The van der Waals surface area contributed by atoms with E-state index in [4.69, 9.17) is 0 Å². The van der Waals surface area contributed by atoms with Crippen molar-refractivity contribution in [3.63, 3.8) is 0 Å². The van der Waals surface area contributed by atoms with Crippen LogP contribution in [0, 0.1) is 11.6 Å². The second kappa shape index (κ2) is 7.72. The highest BCUT2D eigenvalue weighted by Gasteiger charge is 2.26. The SMILES string of the molecule is COC(=O)c1nnn(Cc2ccccc2)c1NS(=O)(=O)c1cc(F)cc(F)c1. The highest BCUT2D eigenvalue weighted by molar-refractivity contribution is 7.92. The first-order valence-electron chi connectivity index (χ1n) is 7.85. The van der Waals surface area contributed by atoms with E-state index in [1.807, 2.05) is 0 Å².